The number of nitrogen functional groups attached to an aromatic ring is 1. The van der Waals surface area contributed by atoms with Crippen LogP contribution in [-0.4, -0.2) is 115 Å². The molecule has 2 saturated heterocycles. The number of phenols is 1. The Bertz CT molecular complexity index is 1990. The minimum Gasteiger partial charge on any atom is -0.507 e. The highest BCUT2D eigenvalue weighted by Gasteiger charge is 2.46. The number of aliphatic hydroxyl groups excluding tert-OH is 2. The molecule has 14 nitrogen and oxygen atoms in total. The number of piperazine rings is 1. The van der Waals surface area contributed by atoms with Gasteiger partial charge in [-0.2, -0.15) is 0 Å². The van der Waals surface area contributed by atoms with E-state index < -0.39 is 23.6 Å². The number of nitrogens with one attached hydrogen (secondary N) is 2. The lowest BCUT2D eigenvalue weighted by atomic mass is 9.85. The van der Waals surface area contributed by atoms with Crippen molar-refractivity contribution in [1.29, 1.82) is 0 Å². The number of rotatable bonds is 10. The number of aromatic nitrogens is 3. The summed E-state index contributed by atoms with van der Waals surface area (Å²) in [4.78, 5) is 41.9. The second-order valence-electron chi connectivity index (χ2n) is 15.2. The lowest BCUT2D eigenvalue weighted by Gasteiger charge is -2.37. The van der Waals surface area contributed by atoms with E-state index in [4.69, 9.17) is 5.73 Å². The number of thiazole rings is 1. The van der Waals surface area contributed by atoms with Gasteiger partial charge in [0.2, 0.25) is 11.8 Å². The van der Waals surface area contributed by atoms with Crippen LogP contribution < -0.4 is 20.9 Å². The third kappa shape index (κ3) is 8.64. The molecule has 0 radical (unpaired) electrons. The Morgan fingerprint density at radius 1 is 1.07 bits per heavy atom. The molecule has 7 N–H and O–H groups in total. The van der Waals surface area contributed by atoms with Crippen molar-refractivity contribution >= 4 is 40.6 Å². The quantitative estimate of drug-likeness (QED) is 0.103. The molecule has 2 aliphatic rings. The van der Waals surface area contributed by atoms with Crippen LogP contribution in [0.1, 0.15) is 51.4 Å². The van der Waals surface area contributed by atoms with E-state index >= 15 is 0 Å². The van der Waals surface area contributed by atoms with Crippen molar-refractivity contribution in [1.82, 2.24) is 30.3 Å². The first-order valence-corrected chi connectivity index (χ1v) is 19.1. The number of likely N-dealkylation sites (tertiary alicyclic amines) is 1. The number of hydrogen-bond acceptors (Lipinski definition) is 11. The molecular formula is C39H50N9O5S+. The van der Waals surface area contributed by atoms with Crippen molar-refractivity contribution in [2.45, 2.75) is 65.3 Å². The Morgan fingerprint density at radius 3 is 2.43 bits per heavy atom. The van der Waals surface area contributed by atoms with Gasteiger partial charge < -0.3 is 36.2 Å². The minimum absolute atomic E-state index is 0.0372. The number of amides is 2. The van der Waals surface area contributed by atoms with E-state index in [1.807, 2.05) is 81.4 Å². The Labute approximate surface area is 319 Å². The van der Waals surface area contributed by atoms with Crippen molar-refractivity contribution in [3.05, 3.63) is 71.4 Å². The van der Waals surface area contributed by atoms with Crippen molar-refractivity contribution in [2.24, 2.45) is 5.41 Å². The van der Waals surface area contributed by atoms with Crippen molar-refractivity contribution < 1.29 is 29.9 Å². The van der Waals surface area contributed by atoms with E-state index in [2.05, 4.69) is 30.4 Å². The van der Waals surface area contributed by atoms with Gasteiger partial charge in [-0.25, -0.2) is 9.98 Å². The lowest BCUT2D eigenvalue weighted by Crippen LogP contribution is -2.77. The number of carbonyl (C=O) groups excluding carboxylic acids is 2. The minimum atomic E-state index is -0.900. The molecule has 15 heteroatoms. The van der Waals surface area contributed by atoms with Crippen LogP contribution in [0.5, 0.6) is 5.75 Å². The van der Waals surface area contributed by atoms with Gasteiger partial charge >= 0.3 is 5.90 Å². The van der Waals surface area contributed by atoms with Crippen LogP contribution in [0.15, 0.2) is 60.1 Å². The molecule has 2 aromatic carbocycles. The summed E-state index contributed by atoms with van der Waals surface area (Å²) in [5, 5.41) is 43.6. The number of aryl methyl sites for hydroxylation is 1. The second-order valence-corrected chi connectivity index (χ2v) is 16.0. The summed E-state index contributed by atoms with van der Waals surface area (Å²) in [5.74, 6) is -0.389. The molecule has 2 aromatic heterocycles. The van der Waals surface area contributed by atoms with Gasteiger partial charge in [-0.3, -0.25) is 14.5 Å². The zero-order valence-electron chi connectivity index (χ0n) is 31.4. The molecule has 0 bridgehead atoms. The number of aliphatic hydroxyl groups is 2. The number of phenolic OH excluding ortho intramolecular Hbond substituents is 1. The topological polar surface area (TPSA) is 195 Å². The first-order chi connectivity index (χ1) is 25.7. The predicted molar refractivity (Wildman–Crippen MR) is 209 cm³/mol. The van der Waals surface area contributed by atoms with E-state index in [1.165, 1.54) is 4.90 Å². The molecule has 4 atom stereocenters. The van der Waals surface area contributed by atoms with Gasteiger partial charge in [-0.05, 0) is 36.1 Å². The number of benzene rings is 2. The van der Waals surface area contributed by atoms with E-state index in [1.54, 1.807) is 29.5 Å². The maximum atomic E-state index is 14.2. The van der Waals surface area contributed by atoms with Gasteiger partial charge in [0.25, 0.3) is 0 Å². The van der Waals surface area contributed by atoms with Gasteiger partial charge in [-0.1, -0.05) is 57.2 Å². The highest BCUT2D eigenvalue weighted by molar-refractivity contribution is 7.13. The highest BCUT2D eigenvalue weighted by atomic mass is 32.1. The van der Waals surface area contributed by atoms with Crippen LogP contribution in [0.4, 0.5) is 11.5 Å². The smallest absolute Gasteiger partial charge is 0.356 e. The number of hydrogen-bond donors (Lipinski definition) is 6. The summed E-state index contributed by atoms with van der Waals surface area (Å²) in [6, 6.07) is 14.8. The zero-order chi connectivity index (χ0) is 38.7. The fourth-order valence-electron chi connectivity index (χ4n) is 7.06. The summed E-state index contributed by atoms with van der Waals surface area (Å²) < 4.78 is 0. The first-order valence-electron chi connectivity index (χ1n) is 18.2. The molecule has 4 aromatic rings. The van der Waals surface area contributed by atoms with Crippen LogP contribution >= 0.6 is 11.3 Å². The van der Waals surface area contributed by atoms with E-state index in [0.29, 0.717) is 43.1 Å². The molecule has 2 aliphatic heterocycles. The van der Waals surface area contributed by atoms with Gasteiger partial charge in [-0.15, -0.1) is 21.5 Å². The van der Waals surface area contributed by atoms with E-state index in [9.17, 15) is 24.9 Å². The summed E-state index contributed by atoms with van der Waals surface area (Å²) in [5.41, 5.74) is 12.1. The number of carbonyl (C=O) groups is 2. The SMILES string of the molecule is Cc1ncsc1-c1ccc([C@H](C)[NH+]=C(O)[C@H]2C[C@H](O)CN2C(=O)[C@@H](NC(=O)CN2CCN(c3cc(-c4ccccc4O)nnc3N)CC2)C(C)(C)C)cc1. The number of nitrogens with two attached hydrogens (primary N) is 1. The number of nitrogens with zero attached hydrogens (tertiary/aromatic N) is 6. The molecule has 0 saturated carbocycles. The predicted octanol–water partition coefficient (Wildman–Crippen LogP) is 2.28. The Balaban J connectivity index is 1.08. The van der Waals surface area contributed by atoms with Crippen LogP contribution in [0.3, 0.4) is 0 Å². The van der Waals surface area contributed by atoms with Gasteiger partial charge in [0.15, 0.2) is 17.9 Å². The molecule has 4 heterocycles. The summed E-state index contributed by atoms with van der Waals surface area (Å²) in [6.45, 7) is 12.0. The first kappa shape index (κ1) is 38.6. The zero-order valence-corrected chi connectivity index (χ0v) is 32.2. The van der Waals surface area contributed by atoms with Crippen LogP contribution in [0.25, 0.3) is 21.7 Å². The summed E-state index contributed by atoms with van der Waals surface area (Å²) in [6.07, 6.45) is -0.659. The monoisotopic (exact) mass is 756 g/mol. The van der Waals surface area contributed by atoms with Crippen molar-refractivity contribution in [3.63, 3.8) is 0 Å². The number of β-amino-alcohol motifs (C(OH)–C–C–N with tert-alkyl or cyclic N) is 1. The maximum Gasteiger partial charge on any atom is 0.356 e. The average Bonchev–Trinajstić information content (AvgIpc) is 3.76. The third-order valence-electron chi connectivity index (χ3n) is 10.1. The van der Waals surface area contributed by atoms with Crippen molar-refractivity contribution in [2.75, 3.05) is 49.9 Å². The summed E-state index contributed by atoms with van der Waals surface area (Å²) >= 11 is 1.59. The molecule has 6 rings (SSSR count). The molecule has 0 spiro atoms. The molecular weight excluding hydrogens is 707 g/mol. The van der Waals surface area contributed by atoms with Gasteiger partial charge in [0.1, 0.15) is 11.8 Å². The largest absolute Gasteiger partial charge is 0.507 e. The molecule has 2 amide bonds. The van der Waals surface area contributed by atoms with Crippen molar-refractivity contribution in [3.8, 4) is 27.4 Å². The molecule has 2 fully saturated rings. The van der Waals surface area contributed by atoms with Crippen LogP contribution in [-0.2, 0) is 9.59 Å². The Hall–Kier alpha value is -5.12. The van der Waals surface area contributed by atoms with Gasteiger partial charge in [0, 0.05) is 57.2 Å². The fourth-order valence-corrected chi connectivity index (χ4v) is 7.87. The number of aromatic hydroxyl groups is 1. The second kappa shape index (κ2) is 16.1. The number of anilines is 2. The average molecular weight is 757 g/mol. The molecule has 286 valence electrons. The Kier molecular flexibility index (Phi) is 11.5. The number of para-hydroxylation sites is 1. The Morgan fingerprint density at radius 2 is 1.78 bits per heavy atom. The molecule has 0 unspecified atom stereocenters. The van der Waals surface area contributed by atoms with Gasteiger partial charge in [0.05, 0.1) is 40.1 Å². The standard InChI is InChI=1S/C39H49N9O5S/c1-23(25-10-12-26(13-11-25)34-24(2)41-22-54-34)42-37(52)31-18-27(49)20-48(31)38(53)35(39(3,4)5)43-33(51)21-46-14-16-47(17-15-46)30-19-29(44-45-36(30)40)28-8-6-7-9-32(28)50/h6-13,19,22-23,27,31,35,49-50H,14-18,20-21H2,1-5H3,(H2,40,45)(H,42,52)(H,43,51)/p+1/t23-,27-,31+,35+/m0/s1. The molecule has 54 heavy (non-hydrogen) atoms. The van der Waals surface area contributed by atoms with E-state index in [-0.39, 0.29) is 54.8 Å². The normalized spacial score (nSPS) is 19.5. The third-order valence-corrected chi connectivity index (χ3v) is 11.1. The molecule has 0 aliphatic carbocycles. The van der Waals surface area contributed by atoms with Crippen LogP contribution in [0, 0.1) is 12.3 Å². The van der Waals surface area contributed by atoms with E-state index in [0.717, 1.165) is 21.7 Å². The highest BCUT2D eigenvalue weighted by Crippen LogP contribution is 2.32. The fraction of sp³-hybridized carbons (Fsp3) is 0.436. The summed E-state index contributed by atoms with van der Waals surface area (Å²) in [7, 11) is 0. The lowest BCUT2D eigenvalue weighted by molar-refractivity contribution is -0.515. The maximum absolute atomic E-state index is 14.2. The van der Waals surface area contributed by atoms with Crippen LogP contribution in [0.2, 0.25) is 0 Å².